The third kappa shape index (κ3) is 3.15. The summed E-state index contributed by atoms with van der Waals surface area (Å²) < 4.78 is 7.41. The Morgan fingerprint density at radius 2 is 2.00 bits per heavy atom. The lowest BCUT2D eigenvalue weighted by Gasteiger charge is -2.39. The minimum absolute atomic E-state index is 0.355. The number of hydrogen-bond acceptors (Lipinski definition) is 4. The summed E-state index contributed by atoms with van der Waals surface area (Å²) in [5, 5.41) is 4.49. The van der Waals surface area contributed by atoms with Crippen LogP contribution in [0.25, 0.3) is 0 Å². The van der Waals surface area contributed by atoms with Crippen LogP contribution >= 0.6 is 0 Å². The van der Waals surface area contributed by atoms with Crippen molar-refractivity contribution in [1.29, 1.82) is 0 Å². The Morgan fingerprint density at radius 1 is 1.18 bits per heavy atom. The van der Waals surface area contributed by atoms with E-state index in [1.54, 1.807) is 7.11 Å². The number of nitrogens with zero attached hydrogens (tertiary/aromatic N) is 4. The molecule has 3 rings (SSSR count). The number of benzene rings is 1. The zero-order valence-electron chi connectivity index (χ0n) is 13.6. The van der Waals surface area contributed by atoms with Crippen LogP contribution in [0.3, 0.4) is 0 Å². The Bertz CT molecular complexity index is 625. The van der Waals surface area contributed by atoms with Crippen LogP contribution in [0.4, 0.5) is 0 Å². The Labute approximate surface area is 132 Å². The normalized spacial score (nSPS) is 20.2. The van der Waals surface area contributed by atoms with Crippen molar-refractivity contribution in [3.63, 3.8) is 0 Å². The van der Waals surface area contributed by atoms with Crippen LogP contribution in [-0.2, 0) is 13.6 Å². The number of piperazine rings is 1. The summed E-state index contributed by atoms with van der Waals surface area (Å²) in [5.41, 5.74) is 2.39. The maximum absolute atomic E-state index is 5.54. The second kappa shape index (κ2) is 6.50. The van der Waals surface area contributed by atoms with E-state index in [4.69, 9.17) is 4.74 Å². The summed E-state index contributed by atoms with van der Waals surface area (Å²) in [7, 11) is 5.90. The molecule has 1 fully saturated rings. The van der Waals surface area contributed by atoms with E-state index in [1.165, 1.54) is 5.56 Å². The highest BCUT2D eigenvalue weighted by Crippen LogP contribution is 2.31. The van der Waals surface area contributed by atoms with E-state index in [1.807, 2.05) is 30.1 Å². The Hall–Kier alpha value is -1.85. The lowest BCUT2D eigenvalue weighted by atomic mass is 10.0. The standard InChI is InChI=1S/C17H24N4O/c1-19-10-11-21(12-14-8-9-20(2)18-14)13-16(19)15-6-4-5-7-17(15)22-3/h4-9,16H,10-13H2,1-3H3/t16-/m0/s1. The fourth-order valence-electron chi connectivity index (χ4n) is 3.13. The van der Waals surface area contributed by atoms with Crippen molar-refractivity contribution in [2.24, 2.45) is 7.05 Å². The highest BCUT2D eigenvalue weighted by atomic mass is 16.5. The van der Waals surface area contributed by atoms with Crippen LogP contribution in [-0.4, -0.2) is 53.4 Å². The number of aromatic nitrogens is 2. The molecule has 5 nitrogen and oxygen atoms in total. The highest BCUT2D eigenvalue weighted by molar-refractivity contribution is 5.36. The van der Waals surface area contributed by atoms with Crippen molar-refractivity contribution in [3.05, 3.63) is 47.8 Å². The van der Waals surface area contributed by atoms with Crippen molar-refractivity contribution in [2.75, 3.05) is 33.8 Å². The van der Waals surface area contributed by atoms with Crippen molar-refractivity contribution in [3.8, 4) is 5.75 Å². The van der Waals surface area contributed by atoms with Crippen molar-refractivity contribution in [1.82, 2.24) is 19.6 Å². The molecule has 1 atom stereocenters. The predicted octanol–water partition coefficient (Wildman–Crippen LogP) is 1.92. The summed E-state index contributed by atoms with van der Waals surface area (Å²) in [4.78, 5) is 4.88. The third-order valence-corrected chi connectivity index (χ3v) is 4.38. The molecule has 1 aliphatic rings. The van der Waals surface area contributed by atoms with Gasteiger partial charge in [0.05, 0.1) is 18.8 Å². The summed E-state index contributed by atoms with van der Waals surface area (Å²) in [5.74, 6) is 0.971. The smallest absolute Gasteiger partial charge is 0.123 e. The first-order valence-corrected chi connectivity index (χ1v) is 7.71. The molecule has 0 saturated carbocycles. The van der Waals surface area contributed by atoms with Gasteiger partial charge in [0.2, 0.25) is 0 Å². The highest BCUT2D eigenvalue weighted by Gasteiger charge is 2.27. The lowest BCUT2D eigenvalue weighted by Crippen LogP contribution is -2.46. The zero-order chi connectivity index (χ0) is 15.5. The molecule has 0 aliphatic carbocycles. The summed E-state index contributed by atoms with van der Waals surface area (Å²) in [6, 6.07) is 10.8. The molecule has 0 unspecified atom stereocenters. The molecule has 22 heavy (non-hydrogen) atoms. The first-order chi connectivity index (χ1) is 10.7. The van der Waals surface area contributed by atoms with Gasteiger partial charge in [0.25, 0.3) is 0 Å². The van der Waals surface area contributed by atoms with E-state index in [0.29, 0.717) is 6.04 Å². The zero-order valence-corrected chi connectivity index (χ0v) is 13.6. The molecular formula is C17H24N4O. The minimum Gasteiger partial charge on any atom is -0.496 e. The fraction of sp³-hybridized carbons (Fsp3) is 0.471. The van der Waals surface area contributed by atoms with Gasteiger partial charge in [0.15, 0.2) is 0 Å². The van der Waals surface area contributed by atoms with E-state index in [-0.39, 0.29) is 0 Å². The molecule has 1 aliphatic heterocycles. The summed E-state index contributed by atoms with van der Waals surface area (Å²) in [6.45, 7) is 4.02. The molecule has 1 aromatic heterocycles. The number of methoxy groups -OCH3 is 1. The van der Waals surface area contributed by atoms with E-state index in [9.17, 15) is 0 Å². The average molecular weight is 300 g/mol. The third-order valence-electron chi connectivity index (χ3n) is 4.38. The minimum atomic E-state index is 0.355. The van der Waals surface area contributed by atoms with Gasteiger partial charge in [-0.3, -0.25) is 14.5 Å². The molecule has 2 aromatic rings. The van der Waals surface area contributed by atoms with Gasteiger partial charge in [-0.2, -0.15) is 5.10 Å². The number of ether oxygens (including phenoxy) is 1. The molecular weight excluding hydrogens is 276 g/mol. The van der Waals surface area contributed by atoms with E-state index < -0.39 is 0 Å². The first kappa shape index (κ1) is 15.1. The van der Waals surface area contributed by atoms with E-state index >= 15 is 0 Å². The van der Waals surface area contributed by atoms with Crippen molar-refractivity contribution < 1.29 is 4.74 Å². The van der Waals surface area contributed by atoms with Crippen LogP contribution in [0.2, 0.25) is 0 Å². The number of aryl methyl sites for hydroxylation is 1. The Kier molecular flexibility index (Phi) is 4.45. The Balaban J connectivity index is 1.76. The van der Waals surface area contributed by atoms with Gasteiger partial charge in [-0.05, 0) is 19.2 Å². The maximum atomic E-state index is 5.54. The number of rotatable bonds is 4. The van der Waals surface area contributed by atoms with Crippen LogP contribution < -0.4 is 4.74 Å². The molecule has 118 valence electrons. The second-order valence-electron chi connectivity index (χ2n) is 5.95. The van der Waals surface area contributed by atoms with E-state index in [0.717, 1.165) is 37.6 Å². The summed E-state index contributed by atoms with van der Waals surface area (Å²) in [6.07, 6.45) is 2.00. The van der Waals surface area contributed by atoms with Gasteiger partial charge in [-0.25, -0.2) is 0 Å². The van der Waals surface area contributed by atoms with Gasteiger partial charge in [0.1, 0.15) is 5.75 Å². The Morgan fingerprint density at radius 3 is 2.73 bits per heavy atom. The molecule has 0 bridgehead atoms. The molecule has 0 amide bonds. The molecule has 1 aromatic carbocycles. The number of hydrogen-bond donors (Lipinski definition) is 0. The summed E-state index contributed by atoms with van der Waals surface area (Å²) >= 11 is 0. The van der Waals surface area contributed by atoms with Gasteiger partial charge in [-0.1, -0.05) is 18.2 Å². The monoisotopic (exact) mass is 300 g/mol. The van der Waals surface area contributed by atoms with Crippen molar-refractivity contribution in [2.45, 2.75) is 12.6 Å². The average Bonchev–Trinajstić information content (AvgIpc) is 2.94. The van der Waals surface area contributed by atoms with Crippen LogP contribution in [0.15, 0.2) is 36.5 Å². The van der Waals surface area contributed by atoms with Crippen LogP contribution in [0, 0.1) is 0 Å². The van der Waals surface area contributed by atoms with Crippen LogP contribution in [0.5, 0.6) is 5.75 Å². The first-order valence-electron chi connectivity index (χ1n) is 7.71. The van der Waals surface area contributed by atoms with E-state index in [2.05, 4.69) is 40.1 Å². The van der Waals surface area contributed by atoms with Crippen LogP contribution in [0.1, 0.15) is 17.3 Å². The van der Waals surface area contributed by atoms with Gasteiger partial charge in [0, 0.05) is 45.0 Å². The number of para-hydroxylation sites is 1. The SMILES string of the molecule is COc1ccccc1[C@@H]1CN(Cc2ccn(C)n2)CCN1C. The molecule has 0 radical (unpaired) electrons. The number of likely N-dealkylation sites (N-methyl/N-ethyl adjacent to an activating group) is 1. The fourth-order valence-corrected chi connectivity index (χ4v) is 3.13. The predicted molar refractivity (Wildman–Crippen MR) is 86.9 cm³/mol. The lowest BCUT2D eigenvalue weighted by molar-refractivity contribution is 0.0880. The molecule has 2 heterocycles. The van der Waals surface area contributed by atoms with Gasteiger partial charge >= 0.3 is 0 Å². The topological polar surface area (TPSA) is 33.5 Å². The molecule has 1 saturated heterocycles. The van der Waals surface area contributed by atoms with Gasteiger partial charge in [-0.15, -0.1) is 0 Å². The van der Waals surface area contributed by atoms with Crippen molar-refractivity contribution >= 4 is 0 Å². The largest absolute Gasteiger partial charge is 0.496 e. The second-order valence-corrected chi connectivity index (χ2v) is 5.95. The van der Waals surface area contributed by atoms with Gasteiger partial charge < -0.3 is 4.74 Å². The quantitative estimate of drug-likeness (QED) is 0.864. The molecule has 5 heteroatoms. The molecule has 0 spiro atoms. The maximum Gasteiger partial charge on any atom is 0.123 e. The molecule has 0 N–H and O–H groups in total.